The molecule has 1 saturated heterocycles. The van der Waals surface area contributed by atoms with Crippen molar-refractivity contribution in [1.29, 1.82) is 0 Å². The van der Waals surface area contributed by atoms with Gasteiger partial charge in [0.1, 0.15) is 0 Å². The van der Waals surface area contributed by atoms with Crippen LogP contribution in [0.5, 0.6) is 0 Å². The SMILES string of the molecule is Cc1csc(C2CC(=O)NC(=O)C2c2ccccc2Cl)n1. The second-order valence-corrected chi connectivity index (χ2v) is 6.35. The lowest BCUT2D eigenvalue weighted by Gasteiger charge is -2.29. The lowest BCUT2D eigenvalue weighted by molar-refractivity contribution is -0.135. The second kappa shape index (κ2) is 5.58. The molecule has 2 heterocycles. The van der Waals surface area contributed by atoms with E-state index in [4.69, 9.17) is 11.6 Å². The minimum Gasteiger partial charge on any atom is -0.296 e. The van der Waals surface area contributed by atoms with Crippen LogP contribution in [0.3, 0.4) is 0 Å². The molecule has 0 radical (unpaired) electrons. The molecule has 1 fully saturated rings. The fourth-order valence-corrected chi connectivity index (χ4v) is 3.81. The average molecular weight is 321 g/mol. The Kier molecular flexibility index (Phi) is 3.78. The fourth-order valence-electron chi connectivity index (χ4n) is 2.62. The molecule has 0 bridgehead atoms. The van der Waals surface area contributed by atoms with Gasteiger partial charge in [-0.15, -0.1) is 11.3 Å². The maximum Gasteiger partial charge on any atom is 0.234 e. The third kappa shape index (κ3) is 2.71. The number of nitrogens with zero attached hydrogens (tertiary/aromatic N) is 1. The summed E-state index contributed by atoms with van der Waals surface area (Å²) in [4.78, 5) is 28.5. The normalized spacial score (nSPS) is 22.2. The lowest BCUT2D eigenvalue weighted by Crippen LogP contribution is -2.43. The molecule has 1 aliphatic heterocycles. The van der Waals surface area contributed by atoms with Gasteiger partial charge in [-0.3, -0.25) is 14.9 Å². The average Bonchev–Trinajstić information content (AvgIpc) is 2.86. The van der Waals surface area contributed by atoms with E-state index in [1.54, 1.807) is 6.07 Å². The molecule has 0 aliphatic carbocycles. The molecular weight excluding hydrogens is 308 g/mol. The zero-order valence-corrected chi connectivity index (χ0v) is 12.9. The van der Waals surface area contributed by atoms with E-state index in [-0.39, 0.29) is 24.2 Å². The number of amides is 2. The maximum absolute atomic E-state index is 12.3. The van der Waals surface area contributed by atoms with Gasteiger partial charge < -0.3 is 0 Å². The molecule has 2 atom stereocenters. The zero-order valence-electron chi connectivity index (χ0n) is 11.3. The molecule has 1 aliphatic rings. The number of aromatic nitrogens is 1. The van der Waals surface area contributed by atoms with Crippen LogP contribution in [0.1, 0.15) is 34.5 Å². The largest absolute Gasteiger partial charge is 0.296 e. The van der Waals surface area contributed by atoms with Gasteiger partial charge in [-0.05, 0) is 18.6 Å². The van der Waals surface area contributed by atoms with E-state index < -0.39 is 5.92 Å². The first kappa shape index (κ1) is 14.2. The van der Waals surface area contributed by atoms with Crippen LogP contribution in [0.2, 0.25) is 5.02 Å². The van der Waals surface area contributed by atoms with Crippen molar-refractivity contribution < 1.29 is 9.59 Å². The summed E-state index contributed by atoms with van der Waals surface area (Å²) in [5, 5.41) is 5.67. The highest BCUT2D eigenvalue weighted by Gasteiger charge is 2.40. The maximum atomic E-state index is 12.3. The molecule has 2 amide bonds. The van der Waals surface area contributed by atoms with Crippen molar-refractivity contribution in [2.24, 2.45) is 0 Å². The first-order valence-electron chi connectivity index (χ1n) is 6.56. The second-order valence-electron chi connectivity index (χ2n) is 5.05. The monoisotopic (exact) mass is 320 g/mol. The van der Waals surface area contributed by atoms with Crippen molar-refractivity contribution in [1.82, 2.24) is 10.3 Å². The molecular formula is C15H13ClN2O2S. The number of hydrogen-bond donors (Lipinski definition) is 1. The molecule has 3 rings (SSSR count). The Bertz CT molecular complexity index is 713. The zero-order chi connectivity index (χ0) is 15.0. The standard InChI is InChI=1S/C15H13ClN2O2S/c1-8-7-21-15(17-8)10-6-12(19)18-14(20)13(10)9-4-2-3-5-11(9)16/h2-5,7,10,13H,6H2,1H3,(H,18,19,20). The van der Waals surface area contributed by atoms with Crippen LogP contribution in [-0.4, -0.2) is 16.8 Å². The smallest absolute Gasteiger partial charge is 0.234 e. The Hall–Kier alpha value is -1.72. The summed E-state index contributed by atoms with van der Waals surface area (Å²) in [6.07, 6.45) is 0.245. The first-order valence-corrected chi connectivity index (χ1v) is 7.82. The number of benzene rings is 1. The number of thiazole rings is 1. The Morgan fingerprint density at radius 3 is 2.76 bits per heavy atom. The van der Waals surface area contributed by atoms with Gasteiger partial charge in [0, 0.05) is 28.4 Å². The molecule has 2 unspecified atom stereocenters. The van der Waals surface area contributed by atoms with Crippen molar-refractivity contribution in [3.63, 3.8) is 0 Å². The summed E-state index contributed by atoms with van der Waals surface area (Å²) < 4.78 is 0. The molecule has 1 aromatic heterocycles. The predicted molar refractivity (Wildman–Crippen MR) is 81.6 cm³/mol. The van der Waals surface area contributed by atoms with Crippen molar-refractivity contribution >= 4 is 34.8 Å². The minimum absolute atomic E-state index is 0.245. The topological polar surface area (TPSA) is 59.1 Å². The van der Waals surface area contributed by atoms with Crippen molar-refractivity contribution in [2.75, 3.05) is 0 Å². The summed E-state index contributed by atoms with van der Waals surface area (Å²) in [5.74, 6) is -1.31. The summed E-state index contributed by atoms with van der Waals surface area (Å²) in [6, 6.07) is 7.25. The van der Waals surface area contributed by atoms with E-state index in [2.05, 4.69) is 10.3 Å². The number of nitrogens with one attached hydrogen (secondary N) is 1. The van der Waals surface area contributed by atoms with Gasteiger partial charge in [-0.25, -0.2) is 4.98 Å². The highest BCUT2D eigenvalue weighted by atomic mass is 35.5. The quantitative estimate of drug-likeness (QED) is 0.865. The van der Waals surface area contributed by atoms with E-state index >= 15 is 0 Å². The molecule has 2 aromatic rings. The third-order valence-electron chi connectivity index (χ3n) is 3.55. The van der Waals surface area contributed by atoms with Gasteiger partial charge in [0.2, 0.25) is 11.8 Å². The van der Waals surface area contributed by atoms with Crippen LogP contribution in [0, 0.1) is 6.92 Å². The van der Waals surface area contributed by atoms with Gasteiger partial charge in [0.05, 0.1) is 10.9 Å². The first-order chi connectivity index (χ1) is 10.1. The number of rotatable bonds is 2. The summed E-state index contributed by atoms with van der Waals surface area (Å²) in [5.41, 5.74) is 1.63. The Morgan fingerprint density at radius 2 is 2.10 bits per heavy atom. The number of aryl methyl sites for hydroxylation is 1. The third-order valence-corrected chi connectivity index (χ3v) is 4.99. The molecule has 1 aromatic carbocycles. The van der Waals surface area contributed by atoms with Gasteiger partial charge in [-0.2, -0.15) is 0 Å². The molecule has 1 N–H and O–H groups in total. The minimum atomic E-state index is -0.484. The molecule has 21 heavy (non-hydrogen) atoms. The van der Waals surface area contributed by atoms with Gasteiger partial charge >= 0.3 is 0 Å². The fraction of sp³-hybridized carbons (Fsp3) is 0.267. The van der Waals surface area contributed by atoms with Crippen molar-refractivity contribution in [3.8, 4) is 0 Å². The Morgan fingerprint density at radius 1 is 1.33 bits per heavy atom. The van der Waals surface area contributed by atoms with Crippen LogP contribution in [-0.2, 0) is 9.59 Å². The molecule has 0 spiro atoms. The van der Waals surface area contributed by atoms with E-state index in [0.717, 1.165) is 16.3 Å². The van der Waals surface area contributed by atoms with Crippen LogP contribution < -0.4 is 5.32 Å². The molecule has 108 valence electrons. The van der Waals surface area contributed by atoms with Gasteiger partial charge in [0.15, 0.2) is 0 Å². The summed E-state index contributed by atoms with van der Waals surface area (Å²) in [6.45, 7) is 1.90. The number of carbonyl (C=O) groups is 2. The summed E-state index contributed by atoms with van der Waals surface area (Å²) >= 11 is 7.71. The van der Waals surface area contributed by atoms with E-state index in [1.165, 1.54) is 11.3 Å². The van der Waals surface area contributed by atoms with Gasteiger partial charge in [0.25, 0.3) is 0 Å². The Balaban J connectivity index is 2.07. The number of piperidine rings is 1. The van der Waals surface area contributed by atoms with Gasteiger partial charge in [-0.1, -0.05) is 29.8 Å². The highest BCUT2D eigenvalue weighted by molar-refractivity contribution is 7.09. The summed E-state index contributed by atoms with van der Waals surface area (Å²) in [7, 11) is 0. The van der Waals surface area contributed by atoms with E-state index in [0.29, 0.717) is 5.02 Å². The van der Waals surface area contributed by atoms with Crippen molar-refractivity contribution in [2.45, 2.75) is 25.2 Å². The lowest BCUT2D eigenvalue weighted by atomic mass is 9.81. The predicted octanol–water partition coefficient (Wildman–Crippen LogP) is 3.02. The van der Waals surface area contributed by atoms with Crippen LogP contribution >= 0.6 is 22.9 Å². The number of imide groups is 1. The number of halogens is 1. The van der Waals surface area contributed by atoms with Crippen LogP contribution in [0.25, 0.3) is 0 Å². The molecule has 4 nitrogen and oxygen atoms in total. The number of carbonyl (C=O) groups excluding carboxylic acids is 2. The molecule has 6 heteroatoms. The molecule has 0 saturated carbocycles. The van der Waals surface area contributed by atoms with Crippen LogP contribution in [0.15, 0.2) is 29.6 Å². The van der Waals surface area contributed by atoms with E-state index in [9.17, 15) is 9.59 Å². The Labute approximate surface area is 131 Å². The van der Waals surface area contributed by atoms with Crippen molar-refractivity contribution in [3.05, 3.63) is 50.9 Å². The number of hydrogen-bond acceptors (Lipinski definition) is 4. The van der Waals surface area contributed by atoms with Crippen LogP contribution in [0.4, 0.5) is 0 Å². The highest BCUT2D eigenvalue weighted by Crippen LogP contribution is 2.41. The van der Waals surface area contributed by atoms with E-state index in [1.807, 2.05) is 30.5 Å².